The molecule has 3 N–H and O–H groups in total. The smallest absolute Gasteiger partial charge is 0.276 e. The van der Waals surface area contributed by atoms with Gasteiger partial charge in [-0.3, -0.25) is 9.59 Å². The third-order valence-electron chi connectivity index (χ3n) is 4.42. The molecule has 1 aliphatic rings. The molecule has 1 fully saturated rings. The highest BCUT2D eigenvalue weighted by Gasteiger charge is 2.37. The molecule has 7 heteroatoms. The highest BCUT2D eigenvalue weighted by molar-refractivity contribution is 5.97. The summed E-state index contributed by atoms with van der Waals surface area (Å²) in [5.74, 6) is 1.20. The van der Waals surface area contributed by atoms with Gasteiger partial charge in [-0.25, -0.2) is 0 Å². The number of nitrogens with two attached hydrogens (primary N) is 1. The van der Waals surface area contributed by atoms with E-state index in [1.807, 2.05) is 32.9 Å². The zero-order valence-electron chi connectivity index (χ0n) is 18.8. The number of nitrogens with zero attached hydrogens (tertiary/aromatic N) is 2. The van der Waals surface area contributed by atoms with Crippen LogP contribution in [0.3, 0.4) is 0 Å². The maximum Gasteiger partial charge on any atom is 0.276 e. The third-order valence-corrected chi connectivity index (χ3v) is 4.42. The van der Waals surface area contributed by atoms with E-state index in [1.54, 1.807) is 23.1 Å². The van der Waals surface area contributed by atoms with E-state index < -0.39 is 6.04 Å². The first-order valence-electron chi connectivity index (χ1n) is 10.5. The van der Waals surface area contributed by atoms with Crippen LogP contribution < -0.4 is 11.1 Å². The van der Waals surface area contributed by atoms with E-state index in [1.165, 1.54) is 0 Å². The van der Waals surface area contributed by atoms with Crippen LogP contribution in [0.4, 0.5) is 5.69 Å². The SMILES string of the molecule is CC(C)C.CC(C)CC1C(=O)NC(C)CN1C(=O)c1cc(-c2ccc(N)cc2)on1. The lowest BCUT2D eigenvalue weighted by Crippen LogP contribution is -2.61. The predicted molar refractivity (Wildman–Crippen MR) is 119 cm³/mol. The summed E-state index contributed by atoms with van der Waals surface area (Å²) in [6, 6.07) is 8.15. The Balaban J connectivity index is 0.000000735. The molecule has 2 unspecified atom stereocenters. The van der Waals surface area contributed by atoms with Gasteiger partial charge in [0.2, 0.25) is 5.91 Å². The maximum atomic E-state index is 13.0. The summed E-state index contributed by atoms with van der Waals surface area (Å²) in [6.07, 6.45) is 0.604. The van der Waals surface area contributed by atoms with Crippen LogP contribution in [0, 0.1) is 11.8 Å². The zero-order chi connectivity index (χ0) is 22.4. The van der Waals surface area contributed by atoms with Crippen molar-refractivity contribution >= 4 is 17.5 Å². The Morgan fingerprint density at radius 3 is 2.40 bits per heavy atom. The molecule has 0 spiro atoms. The lowest BCUT2D eigenvalue weighted by molar-refractivity contribution is -0.129. The number of anilines is 1. The molecule has 1 aliphatic heterocycles. The molecule has 7 nitrogen and oxygen atoms in total. The number of nitrogen functional groups attached to an aromatic ring is 1. The van der Waals surface area contributed by atoms with E-state index in [2.05, 4.69) is 31.2 Å². The normalized spacial score (nSPS) is 18.8. The van der Waals surface area contributed by atoms with Crippen molar-refractivity contribution in [2.45, 2.75) is 60.0 Å². The quantitative estimate of drug-likeness (QED) is 0.737. The largest absolute Gasteiger partial charge is 0.399 e. The Labute approximate surface area is 179 Å². The molecule has 1 aromatic carbocycles. The van der Waals surface area contributed by atoms with Crippen molar-refractivity contribution in [2.75, 3.05) is 12.3 Å². The predicted octanol–water partition coefficient (Wildman–Crippen LogP) is 3.96. The highest BCUT2D eigenvalue weighted by Crippen LogP contribution is 2.24. The molecule has 2 atom stereocenters. The average molecular weight is 415 g/mol. The summed E-state index contributed by atoms with van der Waals surface area (Å²) in [4.78, 5) is 27.0. The van der Waals surface area contributed by atoms with E-state index in [0.717, 1.165) is 11.5 Å². The van der Waals surface area contributed by atoms with Crippen LogP contribution in [0.2, 0.25) is 0 Å². The van der Waals surface area contributed by atoms with Gasteiger partial charge in [0.05, 0.1) is 0 Å². The fraction of sp³-hybridized carbons (Fsp3) is 0.522. The summed E-state index contributed by atoms with van der Waals surface area (Å²) < 4.78 is 5.33. The van der Waals surface area contributed by atoms with E-state index in [0.29, 0.717) is 24.4 Å². The zero-order valence-corrected chi connectivity index (χ0v) is 18.8. The molecule has 164 valence electrons. The maximum absolute atomic E-state index is 13.0. The number of aromatic nitrogens is 1. The molecule has 1 aromatic heterocycles. The summed E-state index contributed by atoms with van der Waals surface area (Å²) in [5, 5.41) is 6.84. The highest BCUT2D eigenvalue weighted by atomic mass is 16.5. The van der Waals surface area contributed by atoms with Crippen molar-refractivity contribution in [3.05, 3.63) is 36.0 Å². The van der Waals surface area contributed by atoms with Gasteiger partial charge < -0.3 is 20.5 Å². The van der Waals surface area contributed by atoms with E-state index in [-0.39, 0.29) is 29.5 Å². The van der Waals surface area contributed by atoms with Gasteiger partial charge in [0, 0.05) is 29.9 Å². The van der Waals surface area contributed by atoms with Crippen LogP contribution in [0.25, 0.3) is 11.3 Å². The molecule has 30 heavy (non-hydrogen) atoms. The molecule has 0 bridgehead atoms. The van der Waals surface area contributed by atoms with Crippen molar-refractivity contribution in [1.29, 1.82) is 0 Å². The minimum atomic E-state index is -0.490. The standard InChI is InChI=1S/C19H24N4O3.C4H10/c1-11(2)8-16-18(24)21-12(3)10-23(16)19(25)15-9-17(26-22-15)13-4-6-14(20)7-5-13;1-4(2)3/h4-7,9,11-12,16H,8,10,20H2,1-3H3,(H,21,24);4H,1-3H3. The molecular weight excluding hydrogens is 380 g/mol. The van der Waals surface area contributed by atoms with E-state index in [4.69, 9.17) is 10.3 Å². The number of rotatable bonds is 4. The molecule has 2 aromatic rings. The van der Waals surface area contributed by atoms with Crippen molar-refractivity contribution in [1.82, 2.24) is 15.4 Å². The topological polar surface area (TPSA) is 101 Å². The lowest BCUT2D eigenvalue weighted by Gasteiger charge is -2.38. The van der Waals surface area contributed by atoms with E-state index >= 15 is 0 Å². The monoisotopic (exact) mass is 414 g/mol. The molecule has 1 saturated heterocycles. The van der Waals surface area contributed by atoms with Gasteiger partial charge in [-0.1, -0.05) is 39.8 Å². The number of benzene rings is 1. The Hall–Kier alpha value is -2.83. The second-order valence-electron chi connectivity index (χ2n) is 8.94. The number of hydrogen-bond acceptors (Lipinski definition) is 5. The van der Waals surface area contributed by atoms with Crippen LogP contribution in [-0.2, 0) is 4.79 Å². The Kier molecular flexibility index (Phi) is 8.03. The van der Waals surface area contributed by atoms with Gasteiger partial charge in [-0.15, -0.1) is 0 Å². The van der Waals surface area contributed by atoms with Crippen LogP contribution in [0.5, 0.6) is 0 Å². The minimum absolute atomic E-state index is 0.0988. The number of piperazine rings is 1. The molecule has 0 saturated carbocycles. The Morgan fingerprint density at radius 1 is 1.23 bits per heavy atom. The van der Waals surface area contributed by atoms with Crippen molar-refractivity contribution in [2.24, 2.45) is 11.8 Å². The summed E-state index contributed by atoms with van der Waals surface area (Å²) in [7, 11) is 0. The minimum Gasteiger partial charge on any atom is -0.399 e. The van der Waals surface area contributed by atoms with Crippen LogP contribution in [0.1, 0.15) is 58.5 Å². The number of amides is 2. The van der Waals surface area contributed by atoms with Crippen molar-refractivity contribution < 1.29 is 14.1 Å². The summed E-state index contributed by atoms with van der Waals surface area (Å²) in [6.45, 7) is 12.9. The first-order valence-corrected chi connectivity index (χ1v) is 10.5. The molecule has 2 amide bonds. The Bertz CT molecular complexity index is 840. The van der Waals surface area contributed by atoms with Crippen LogP contribution in [0.15, 0.2) is 34.9 Å². The van der Waals surface area contributed by atoms with Gasteiger partial charge in [0.25, 0.3) is 5.91 Å². The van der Waals surface area contributed by atoms with Gasteiger partial charge >= 0.3 is 0 Å². The van der Waals surface area contributed by atoms with Gasteiger partial charge in [0.1, 0.15) is 6.04 Å². The number of carbonyl (C=O) groups excluding carboxylic acids is 2. The molecule has 0 radical (unpaired) electrons. The van der Waals surface area contributed by atoms with Crippen molar-refractivity contribution in [3.8, 4) is 11.3 Å². The fourth-order valence-corrected chi connectivity index (χ4v) is 3.16. The second-order valence-corrected chi connectivity index (χ2v) is 8.94. The number of nitrogens with one attached hydrogen (secondary N) is 1. The van der Waals surface area contributed by atoms with Gasteiger partial charge in [-0.2, -0.15) is 0 Å². The van der Waals surface area contributed by atoms with Crippen LogP contribution >= 0.6 is 0 Å². The third kappa shape index (κ3) is 6.34. The molecule has 0 aliphatic carbocycles. The summed E-state index contributed by atoms with van der Waals surface area (Å²) in [5.41, 5.74) is 7.33. The average Bonchev–Trinajstić information content (AvgIpc) is 3.13. The number of hydrogen-bond donors (Lipinski definition) is 2. The lowest BCUT2D eigenvalue weighted by atomic mass is 9.98. The first kappa shape index (κ1) is 23.4. The van der Waals surface area contributed by atoms with Crippen molar-refractivity contribution in [3.63, 3.8) is 0 Å². The first-order chi connectivity index (χ1) is 14.1. The van der Waals surface area contributed by atoms with Crippen LogP contribution in [-0.4, -0.2) is 40.5 Å². The number of carbonyl (C=O) groups is 2. The van der Waals surface area contributed by atoms with Gasteiger partial charge in [-0.05, 0) is 49.4 Å². The Morgan fingerprint density at radius 2 is 1.83 bits per heavy atom. The molecular formula is C23H34N4O3. The fourth-order valence-electron chi connectivity index (χ4n) is 3.16. The molecule has 2 heterocycles. The second kappa shape index (κ2) is 10.3. The summed E-state index contributed by atoms with van der Waals surface area (Å²) >= 11 is 0. The molecule has 3 rings (SSSR count). The van der Waals surface area contributed by atoms with Gasteiger partial charge in [0.15, 0.2) is 11.5 Å². The van der Waals surface area contributed by atoms with E-state index in [9.17, 15) is 9.59 Å².